The fourth-order valence-electron chi connectivity index (χ4n) is 1.22. The molecule has 66 valence electrons. The van der Waals surface area contributed by atoms with Gasteiger partial charge < -0.3 is 5.73 Å². The third-order valence-corrected chi connectivity index (χ3v) is 2.09. The highest BCUT2D eigenvalue weighted by atomic mass is 14.7. The van der Waals surface area contributed by atoms with Gasteiger partial charge in [-0.1, -0.05) is 33.1 Å². The van der Waals surface area contributed by atoms with Gasteiger partial charge in [0, 0.05) is 5.92 Å². The second-order valence-electron chi connectivity index (χ2n) is 3.06. The molecule has 2 heteroatoms. The fourth-order valence-corrected chi connectivity index (χ4v) is 1.22. The van der Waals surface area contributed by atoms with Gasteiger partial charge in [-0.25, -0.2) is 0 Å². The van der Waals surface area contributed by atoms with Crippen LogP contribution in [0, 0.1) is 11.3 Å². The Labute approximate surface area is 69.7 Å². The van der Waals surface area contributed by atoms with E-state index in [4.69, 9.17) is 11.1 Å². The van der Waals surface area contributed by atoms with Crippen molar-refractivity contribution in [2.24, 2.45) is 11.7 Å². The predicted molar refractivity (Wildman–Crippen MR) is 49.8 cm³/mol. The van der Waals surface area contributed by atoms with E-state index in [0.29, 0.717) is 11.8 Å². The number of unbranched alkanes of at least 4 members (excludes halogenated alkanes) is 2. The molecule has 0 aromatic carbocycles. The molecule has 0 heterocycles. The molecule has 0 aliphatic heterocycles. The first-order valence-corrected chi connectivity index (χ1v) is 4.56. The molecule has 0 bridgehead atoms. The van der Waals surface area contributed by atoms with E-state index in [1.165, 1.54) is 19.3 Å². The topological polar surface area (TPSA) is 49.9 Å². The smallest absolute Gasteiger partial charge is 0.0936 e. The first kappa shape index (κ1) is 10.5. The molecule has 0 spiro atoms. The fraction of sp³-hybridized carbons (Fsp3) is 0.889. The Bertz CT molecular complexity index is 110. The zero-order chi connectivity index (χ0) is 8.69. The van der Waals surface area contributed by atoms with Crippen LogP contribution in [0.1, 0.15) is 46.0 Å². The number of nitrogens with one attached hydrogen (secondary N) is 1. The van der Waals surface area contributed by atoms with Crippen LogP contribution in [0.4, 0.5) is 0 Å². The summed E-state index contributed by atoms with van der Waals surface area (Å²) in [5.74, 6) is 0.699. The Morgan fingerprint density at radius 2 is 2.00 bits per heavy atom. The average molecular weight is 156 g/mol. The molecule has 0 aliphatic carbocycles. The van der Waals surface area contributed by atoms with E-state index in [-0.39, 0.29) is 0 Å². The van der Waals surface area contributed by atoms with Crippen molar-refractivity contribution in [3.63, 3.8) is 0 Å². The van der Waals surface area contributed by atoms with Gasteiger partial charge in [0.15, 0.2) is 0 Å². The van der Waals surface area contributed by atoms with Gasteiger partial charge in [-0.3, -0.25) is 5.41 Å². The van der Waals surface area contributed by atoms with Crippen molar-refractivity contribution in [1.29, 1.82) is 5.41 Å². The summed E-state index contributed by atoms with van der Waals surface area (Å²) in [6.07, 6.45) is 5.84. The van der Waals surface area contributed by atoms with E-state index in [1.54, 1.807) is 0 Å². The molecule has 0 aromatic heterocycles. The van der Waals surface area contributed by atoms with Crippen LogP contribution in [0.3, 0.4) is 0 Å². The van der Waals surface area contributed by atoms with Gasteiger partial charge in [-0.15, -0.1) is 0 Å². The molecule has 2 nitrogen and oxygen atoms in total. The third-order valence-electron chi connectivity index (χ3n) is 2.09. The zero-order valence-corrected chi connectivity index (χ0v) is 7.69. The van der Waals surface area contributed by atoms with Crippen LogP contribution in [-0.2, 0) is 0 Å². The first-order valence-electron chi connectivity index (χ1n) is 4.56. The minimum atomic E-state index is 0.335. The first-order chi connectivity index (χ1) is 5.22. The lowest BCUT2D eigenvalue weighted by molar-refractivity contribution is 0.546. The van der Waals surface area contributed by atoms with E-state index >= 15 is 0 Å². The Hall–Kier alpha value is -0.530. The van der Waals surface area contributed by atoms with Gasteiger partial charge >= 0.3 is 0 Å². The maximum atomic E-state index is 7.26. The molecular formula is C9H20N2. The lowest BCUT2D eigenvalue weighted by atomic mass is 9.98. The SMILES string of the molecule is CCCCC[C@H](CC)C(=N)N. The molecule has 0 fully saturated rings. The highest BCUT2D eigenvalue weighted by molar-refractivity contribution is 5.79. The zero-order valence-electron chi connectivity index (χ0n) is 7.69. The van der Waals surface area contributed by atoms with Crippen LogP contribution in [0.2, 0.25) is 0 Å². The highest BCUT2D eigenvalue weighted by Gasteiger charge is 2.07. The maximum Gasteiger partial charge on any atom is 0.0936 e. The van der Waals surface area contributed by atoms with Crippen LogP contribution in [0.15, 0.2) is 0 Å². The summed E-state index contributed by atoms with van der Waals surface area (Å²) in [6, 6.07) is 0. The molecule has 0 saturated heterocycles. The van der Waals surface area contributed by atoms with E-state index in [2.05, 4.69) is 13.8 Å². The summed E-state index contributed by atoms with van der Waals surface area (Å²) >= 11 is 0. The van der Waals surface area contributed by atoms with Crippen molar-refractivity contribution >= 4 is 5.84 Å². The van der Waals surface area contributed by atoms with Crippen molar-refractivity contribution in [3.05, 3.63) is 0 Å². The number of hydrogen-bond acceptors (Lipinski definition) is 1. The lowest BCUT2D eigenvalue weighted by Gasteiger charge is -2.11. The predicted octanol–water partition coefficient (Wildman–Crippen LogP) is 2.53. The Morgan fingerprint density at radius 1 is 1.36 bits per heavy atom. The highest BCUT2D eigenvalue weighted by Crippen LogP contribution is 2.12. The average Bonchev–Trinajstić information content (AvgIpc) is 1.97. The van der Waals surface area contributed by atoms with Crippen molar-refractivity contribution in [1.82, 2.24) is 0 Å². The third kappa shape index (κ3) is 4.82. The number of rotatable bonds is 6. The molecule has 0 radical (unpaired) electrons. The van der Waals surface area contributed by atoms with Gasteiger partial charge in [0.25, 0.3) is 0 Å². The van der Waals surface area contributed by atoms with Crippen molar-refractivity contribution < 1.29 is 0 Å². The second kappa shape index (κ2) is 6.20. The molecule has 0 saturated carbocycles. The van der Waals surface area contributed by atoms with E-state index in [1.807, 2.05) is 0 Å². The lowest BCUT2D eigenvalue weighted by Crippen LogP contribution is -2.21. The molecular weight excluding hydrogens is 136 g/mol. The Kier molecular flexibility index (Phi) is 5.90. The minimum absolute atomic E-state index is 0.335. The second-order valence-corrected chi connectivity index (χ2v) is 3.06. The van der Waals surface area contributed by atoms with Crippen LogP contribution >= 0.6 is 0 Å². The monoisotopic (exact) mass is 156 g/mol. The minimum Gasteiger partial charge on any atom is -0.387 e. The largest absolute Gasteiger partial charge is 0.387 e. The van der Waals surface area contributed by atoms with Crippen molar-refractivity contribution in [3.8, 4) is 0 Å². The van der Waals surface area contributed by atoms with E-state index < -0.39 is 0 Å². The van der Waals surface area contributed by atoms with Crippen LogP contribution in [0.25, 0.3) is 0 Å². The number of hydrogen-bond donors (Lipinski definition) is 2. The molecule has 3 N–H and O–H groups in total. The summed E-state index contributed by atoms with van der Waals surface area (Å²) in [6.45, 7) is 4.28. The van der Waals surface area contributed by atoms with Crippen LogP contribution in [-0.4, -0.2) is 5.84 Å². The molecule has 0 amide bonds. The standard InChI is InChI=1S/C9H20N2/c1-3-5-6-7-8(4-2)9(10)11/h8H,3-7H2,1-2H3,(H3,10,11)/t8-/m0/s1. The molecule has 0 unspecified atom stereocenters. The van der Waals surface area contributed by atoms with Gasteiger partial charge in [-0.05, 0) is 12.8 Å². The summed E-state index contributed by atoms with van der Waals surface area (Å²) < 4.78 is 0. The van der Waals surface area contributed by atoms with Crippen molar-refractivity contribution in [2.75, 3.05) is 0 Å². The summed E-state index contributed by atoms with van der Waals surface area (Å²) in [4.78, 5) is 0. The number of nitrogens with two attached hydrogens (primary N) is 1. The van der Waals surface area contributed by atoms with Crippen LogP contribution in [0.5, 0.6) is 0 Å². The maximum absolute atomic E-state index is 7.26. The van der Waals surface area contributed by atoms with Gasteiger partial charge in [-0.2, -0.15) is 0 Å². The summed E-state index contributed by atoms with van der Waals surface area (Å²) in [5, 5.41) is 7.26. The molecule has 0 aromatic rings. The summed E-state index contributed by atoms with van der Waals surface area (Å²) in [7, 11) is 0. The molecule has 1 atom stereocenters. The molecule has 0 rings (SSSR count). The van der Waals surface area contributed by atoms with E-state index in [9.17, 15) is 0 Å². The Balaban J connectivity index is 3.44. The summed E-state index contributed by atoms with van der Waals surface area (Å²) in [5.41, 5.74) is 5.41. The quantitative estimate of drug-likeness (QED) is 0.346. The normalized spacial score (nSPS) is 12.9. The molecule has 11 heavy (non-hydrogen) atoms. The van der Waals surface area contributed by atoms with Crippen LogP contribution < -0.4 is 5.73 Å². The van der Waals surface area contributed by atoms with Gasteiger partial charge in [0.1, 0.15) is 0 Å². The van der Waals surface area contributed by atoms with Gasteiger partial charge in [0.2, 0.25) is 0 Å². The molecule has 0 aliphatic rings. The Morgan fingerprint density at radius 3 is 2.36 bits per heavy atom. The van der Waals surface area contributed by atoms with Gasteiger partial charge in [0.05, 0.1) is 5.84 Å². The number of amidine groups is 1. The van der Waals surface area contributed by atoms with E-state index in [0.717, 1.165) is 12.8 Å². The van der Waals surface area contributed by atoms with Crippen molar-refractivity contribution in [2.45, 2.75) is 46.0 Å².